The Kier molecular flexibility index (Phi) is 6.72. The fraction of sp³-hybridized carbons (Fsp3) is 0.520. The van der Waals surface area contributed by atoms with E-state index in [1.807, 2.05) is 0 Å². The van der Waals surface area contributed by atoms with Gasteiger partial charge < -0.3 is 9.64 Å². The van der Waals surface area contributed by atoms with Crippen LogP contribution in [0.1, 0.15) is 68.6 Å². The van der Waals surface area contributed by atoms with Crippen LogP contribution in [0.15, 0.2) is 35.9 Å². The second kappa shape index (κ2) is 9.67. The summed E-state index contributed by atoms with van der Waals surface area (Å²) in [6.07, 6.45) is 9.19. The van der Waals surface area contributed by atoms with E-state index in [9.17, 15) is 19.2 Å². The van der Waals surface area contributed by atoms with Crippen LogP contribution in [0, 0.1) is 5.92 Å². The van der Waals surface area contributed by atoms with Crippen LogP contribution in [-0.2, 0) is 19.1 Å². The van der Waals surface area contributed by atoms with Gasteiger partial charge in [0.2, 0.25) is 11.8 Å². The van der Waals surface area contributed by atoms with Crippen molar-refractivity contribution in [3.63, 3.8) is 0 Å². The number of imide groups is 1. The van der Waals surface area contributed by atoms with Crippen LogP contribution in [0.4, 0.5) is 5.69 Å². The van der Waals surface area contributed by atoms with Gasteiger partial charge in [0.1, 0.15) is 6.04 Å². The highest BCUT2D eigenvalue weighted by molar-refractivity contribution is 6.23. The first-order valence-corrected chi connectivity index (χ1v) is 11.6. The monoisotopic (exact) mass is 438 g/mol. The summed E-state index contributed by atoms with van der Waals surface area (Å²) >= 11 is 0. The molecule has 3 aliphatic rings. The summed E-state index contributed by atoms with van der Waals surface area (Å²) in [7, 11) is 0. The van der Waals surface area contributed by atoms with Crippen molar-refractivity contribution in [2.24, 2.45) is 5.92 Å². The highest BCUT2D eigenvalue weighted by atomic mass is 16.5. The van der Waals surface area contributed by atoms with Gasteiger partial charge in [-0.3, -0.25) is 14.4 Å². The van der Waals surface area contributed by atoms with E-state index in [2.05, 4.69) is 6.08 Å². The number of nitrogens with zero attached hydrogens (tertiary/aromatic N) is 2. The SMILES string of the molecule is CCOC(=O)c1ccc(N2C(=O)CC(N(CCC3=CCCCC3)C(=O)C3CC3)C2=O)cc1. The fourth-order valence-corrected chi connectivity index (χ4v) is 4.47. The number of amides is 3. The van der Waals surface area contributed by atoms with E-state index < -0.39 is 12.0 Å². The first-order chi connectivity index (χ1) is 15.5. The molecule has 3 amide bonds. The van der Waals surface area contributed by atoms with Gasteiger partial charge in [0, 0.05) is 12.5 Å². The van der Waals surface area contributed by atoms with Crippen molar-refractivity contribution < 1.29 is 23.9 Å². The molecule has 1 aromatic rings. The smallest absolute Gasteiger partial charge is 0.338 e. The Balaban J connectivity index is 1.50. The number of carbonyl (C=O) groups is 4. The lowest BCUT2D eigenvalue weighted by molar-refractivity contribution is -0.139. The fourth-order valence-electron chi connectivity index (χ4n) is 4.47. The van der Waals surface area contributed by atoms with E-state index in [1.165, 1.54) is 18.4 Å². The van der Waals surface area contributed by atoms with Crippen LogP contribution >= 0.6 is 0 Å². The average molecular weight is 439 g/mol. The third-order valence-corrected chi connectivity index (χ3v) is 6.40. The lowest BCUT2D eigenvalue weighted by Gasteiger charge is -2.28. The van der Waals surface area contributed by atoms with Crippen molar-refractivity contribution in [1.82, 2.24) is 4.90 Å². The maximum Gasteiger partial charge on any atom is 0.338 e. The summed E-state index contributed by atoms with van der Waals surface area (Å²) < 4.78 is 4.98. The molecule has 1 saturated carbocycles. The van der Waals surface area contributed by atoms with Crippen molar-refractivity contribution in [2.45, 2.75) is 64.3 Å². The van der Waals surface area contributed by atoms with E-state index >= 15 is 0 Å². The molecule has 4 rings (SSSR count). The molecule has 7 heteroatoms. The third-order valence-electron chi connectivity index (χ3n) is 6.40. The molecule has 1 aliphatic heterocycles. The van der Waals surface area contributed by atoms with E-state index in [1.54, 1.807) is 36.1 Å². The number of carbonyl (C=O) groups excluding carboxylic acids is 4. The summed E-state index contributed by atoms with van der Waals surface area (Å²) in [4.78, 5) is 53.8. The van der Waals surface area contributed by atoms with Crippen LogP contribution in [0.2, 0.25) is 0 Å². The van der Waals surface area contributed by atoms with Gasteiger partial charge in [-0.15, -0.1) is 0 Å². The summed E-state index contributed by atoms with van der Waals surface area (Å²) in [6.45, 7) is 2.47. The molecule has 7 nitrogen and oxygen atoms in total. The Morgan fingerprint density at radius 3 is 2.50 bits per heavy atom. The molecule has 0 radical (unpaired) electrons. The van der Waals surface area contributed by atoms with Gasteiger partial charge in [-0.1, -0.05) is 11.6 Å². The number of rotatable bonds is 8. The van der Waals surface area contributed by atoms with Crippen LogP contribution in [0.5, 0.6) is 0 Å². The molecule has 0 bridgehead atoms. The lowest BCUT2D eigenvalue weighted by Crippen LogP contribution is -2.46. The summed E-state index contributed by atoms with van der Waals surface area (Å²) in [5.41, 5.74) is 2.11. The molecule has 1 unspecified atom stereocenters. The molecule has 1 saturated heterocycles. The third kappa shape index (κ3) is 4.76. The highest BCUT2D eigenvalue weighted by Crippen LogP contribution is 2.34. The van der Waals surface area contributed by atoms with Crippen LogP contribution < -0.4 is 4.90 Å². The molecule has 170 valence electrons. The zero-order valence-electron chi connectivity index (χ0n) is 18.5. The maximum absolute atomic E-state index is 13.3. The molecule has 1 heterocycles. The predicted octanol–water partition coefficient (Wildman–Crippen LogP) is 3.62. The lowest BCUT2D eigenvalue weighted by atomic mass is 9.97. The molecule has 2 fully saturated rings. The van der Waals surface area contributed by atoms with E-state index in [0.717, 1.165) is 37.0 Å². The Morgan fingerprint density at radius 2 is 1.88 bits per heavy atom. The number of esters is 1. The molecule has 0 N–H and O–H groups in total. The standard InChI is InChI=1S/C25H30N2O5/c1-2-32-25(31)19-10-12-20(13-11-19)27-22(28)16-21(24(27)30)26(23(29)18-8-9-18)15-14-17-6-4-3-5-7-17/h6,10-13,18,21H,2-5,7-9,14-16H2,1H3. The number of benzene rings is 1. The Bertz CT molecular complexity index is 932. The second-order valence-electron chi connectivity index (χ2n) is 8.72. The molecule has 0 aromatic heterocycles. The Labute approximate surface area is 188 Å². The van der Waals surface area contributed by atoms with Gasteiger partial charge in [-0.25, -0.2) is 9.69 Å². The van der Waals surface area contributed by atoms with Gasteiger partial charge in [0.15, 0.2) is 0 Å². The molecule has 0 spiro atoms. The zero-order valence-corrected chi connectivity index (χ0v) is 18.5. The van der Waals surface area contributed by atoms with Crippen molar-refractivity contribution in [1.29, 1.82) is 0 Å². The van der Waals surface area contributed by atoms with Gasteiger partial charge in [0.05, 0.1) is 24.3 Å². The molecule has 1 aromatic carbocycles. The molecule has 2 aliphatic carbocycles. The topological polar surface area (TPSA) is 84.0 Å². The summed E-state index contributed by atoms with van der Waals surface area (Å²) in [6, 6.07) is 5.48. The Hall–Kier alpha value is -2.96. The number of hydrogen-bond acceptors (Lipinski definition) is 5. The van der Waals surface area contributed by atoms with E-state index in [-0.39, 0.29) is 36.7 Å². The highest BCUT2D eigenvalue weighted by Gasteiger charge is 2.46. The van der Waals surface area contributed by atoms with Gasteiger partial charge in [0.25, 0.3) is 5.91 Å². The van der Waals surface area contributed by atoms with Crippen LogP contribution in [0.3, 0.4) is 0 Å². The summed E-state index contributed by atoms with van der Waals surface area (Å²) in [5.74, 6) is -1.17. The van der Waals surface area contributed by atoms with Gasteiger partial charge in [-0.2, -0.15) is 0 Å². The minimum absolute atomic E-state index is 0.00400. The second-order valence-corrected chi connectivity index (χ2v) is 8.72. The number of ether oxygens (including phenoxy) is 1. The van der Waals surface area contributed by atoms with E-state index in [0.29, 0.717) is 17.8 Å². The first-order valence-electron chi connectivity index (χ1n) is 11.6. The number of anilines is 1. The van der Waals surface area contributed by atoms with Gasteiger partial charge in [-0.05, 0) is 76.1 Å². The quantitative estimate of drug-likeness (QED) is 0.352. The van der Waals surface area contributed by atoms with Crippen molar-refractivity contribution >= 4 is 29.4 Å². The van der Waals surface area contributed by atoms with Crippen molar-refractivity contribution in [3.05, 3.63) is 41.5 Å². The minimum Gasteiger partial charge on any atom is -0.462 e. The normalized spacial score (nSPS) is 20.8. The van der Waals surface area contributed by atoms with Crippen molar-refractivity contribution in [3.8, 4) is 0 Å². The van der Waals surface area contributed by atoms with E-state index in [4.69, 9.17) is 4.74 Å². The first kappa shape index (κ1) is 22.2. The van der Waals surface area contributed by atoms with Gasteiger partial charge >= 0.3 is 5.97 Å². The summed E-state index contributed by atoms with van der Waals surface area (Å²) in [5, 5.41) is 0. The zero-order chi connectivity index (χ0) is 22.7. The molecular formula is C25H30N2O5. The average Bonchev–Trinajstić information content (AvgIpc) is 3.61. The minimum atomic E-state index is -0.760. The molecular weight excluding hydrogens is 408 g/mol. The largest absolute Gasteiger partial charge is 0.462 e. The number of hydrogen-bond donors (Lipinski definition) is 0. The predicted molar refractivity (Wildman–Crippen MR) is 119 cm³/mol. The maximum atomic E-state index is 13.3. The molecule has 1 atom stereocenters. The Morgan fingerprint density at radius 1 is 1.12 bits per heavy atom. The number of allylic oxidation sites excluding steroid dienone is 1. The molecule has 32 heavy (non-hydrogen) atoms. The van der Waals surface area contributed by atoms with Crippen LogP contribution in [-0.4, -0.2) is 47.8 Å². The van der Waals surface area contributed by atoms with Crippen LogP contribution in [0.25, 0.3) is 0 Å². The van der Waals surface area contributed by atoms with Crippen molar-refractivity contribution in [2.75, 3.05) is 18.1 Å².